The minimum atomic E-state index is 0.928. The first kappa shape index (κ1) is 7.49. The van der Waals surface area contributed by atoms with E-state index in [0.717, 1.165) is 5.70 Å². The number of thiol groups is 1. The van der Waals surface area contributed by atoms with Gasteiger partial charge in [0.25, 0.3) is 0 Å². The summed E-state index contributed by atoms with van der Waals surface area (Å²) in [6.45, 7) is 1.89. The third-order valence-corrected chi connectivity index (χ3v) is 1.09. The number of allylic oxidation sites excluding steroid dienone is 1. The number of hydrogen-bond acceptors (Lipinski definition) is 2. The zero-order valence-corrected chi connectivity index (χ0v) is 6.98. The van der Waals surface area contributed by atoms with Gasteiger partial charge in [0.05, 0.1) is 4.22 Å². The summed E-state index contributed by atoms with van der Waals surface area (Å²) in [6, 6.07) is 0. The first-order valence-corrected chi connectivity index (χ1v) is 3.51. The van der Waals surface area contributed by atoms with E-state index in [1.165, 1.54) is 0 Å². The van der Waals surface area contributed by atoms with Gasteiger partial charge in [0, 0.05) is 5.70 Å². The van der Waals surface area contributed by atoms with Gasteiger partial charge in [-0.05, 0) is 34.9 Å². The molecule has 3 heteroatoms. The number of halogens is 1. The van der Waals surface area contributed by atoms with Crippen molar-refractivity contribution in [1.82, 2.24) is 0 Å². The summed E-state index contributed by atoms with van der Waals surface area (Å²) in [5, 5.41) is 1.66. The van der Waals surface area contributed by atoms with Crippen molar-refractivity contribution in [2.45, 2.75) is 6.92 Å². The maximum atomic E-state index is 3.89. The second-order valence-electron chi connectivity index (χ2n) is 0.997. The SMILES string of the molecule is C/C(=C/S)N=CI. The van der Waals surface area contributed by atoms with Crippen molar-refractivity contribution in [3.63, 3.8) is 0 Å². The van der Waals surface area contributed by atoms with E-state index in [4.69, 9.17) is 0 Å². The van der Waals surface area contributed by atoms with Gasteiger partial charge in [-0.1, -0.05) is 0 Å². The van der Waals surface area contributed by atoms with Gasteiger partial charge in [-0.15, -0.1) is 12.6 Å². The average Bonchev–Trinajstić information content (AvgIpc) is 1.68. The van der Waals surface area contributed by atoms with E-state index < -0.39 is 0 Å². The molecule has 0 N–H and O–H groups in total. The minimum absolute atomic E-state index is 0.928. The predicted octanol–water partition coefficient (Wildman–Crippen LogP) is 2.24. The van der Waals surface area contributed by atoms with Gasteiger partial charge < -0.3 is 0 Å². The highest BCUT2D eigenvalue weighted by molar-refractivity contribution is 14.1. The van der Waals surface area contributed by atoms with Crippen LogP contribution in [0.5, 0.6) is 0 Å². The molecule has 7 heavy (non-hydrogen) atoms. The van der Waals surface area contributed by atoms with Crippen LogP contribution in [0.25, 0.3) is 0 Å². The molecule has 40 valence electrons. The van der Waals surface area contributed by atoms with Crippen LogP contribution in [0.2, 0.25) is 0 Å². The number of nitrogens with zero attached hydrogens (tertiary/aromatic N) is 1. The Morgan fingerprint density at radius 2 is 2.43 bits per heavy atom. The molecule has 0 rings (SSSR count). The van der Waals surface area contributed by atoms with Crippen LogP contribution in [-0.2, 0) is 0 Å². The first-order valence-electron chi connectivity index (χ1n) is 1.75. The Morgan fingerprint density at radius 1 is 1.86 bits per heavy atom. The van der Waals surface area contributed by atoms with Crippen molar-refractivity contribution < 1.29 is 0 Å². The number of rotatable bonds is 1. The molecule has 0 saturated heterocycles. The van der Waals surface area contributed by atoms with Crippen molar-refractivity contribution in [1.29, 1.82) is 0 Å². The summed E-state index contributed by atoms with van der Waals surface area (Å²) < 4.78 is 1.71. The molecule has 0 heterocycles. The van der Waals surface area contributed by atoms with E-state index in [0.29, 0.717) is 0 Å². The lowest BCUT2D eigenvalue weighted by atomic mass is 10.6. The molecule has 0 bridgehead atoms. The molecule has 0 radical (unpaired) electrons. The van der Waals surface area contributed by atoms with E-state index >= 15 is 0 Å². The molecule has 0 fully saturated rings. The van der Waals surface area contributed by atoms with Crippen molar-refractivity contribution in [2.24, 2.45) is 4.99 Å². The van der Waals surface area contributed by atoms with Crippen LogP contribution in [0.3, 0.4) is 0 Å². The number of hydrogen-bond donors (Lipinski definition) is 1. The van der Waals surface area contributed by atoms with E-state index in [1.807, 2.05) is 6.92 Å². The minimum Gasteiger partial charge on any atom is -0.255 e. The van der Waals surface area contributed by atoms with Gasteiger partial charge >= 0.3 is 0 Å². The van der Waals surface area contributed by atoms with E-state index in [9.17, 15) is 0 Å². The molecular formula is C4H6INS. The van der Waals surface area contributed by atoms with Crippen molar-refractivity contribution in [3.8, 4) is 0 Å². The van der Waals surface area contributed by atoms with Crippen LogP contribution in [0.15, 0.2) is 16.1 Å². The summed E-state index contributed by atoms with van der Waals surface area (Å²) in [6.07, 6.45) is 0. The maximum absolute atomic E-state index is 3.89. The van der Waals surface area contributed by atoms with Gasteiger partial charge in [0.1, 0.15) is 0 Å². The van der Waals surface area contributed by atoms with E-state index in [-0.39, 0.29) is 0 Å². The van der Waals surface area contributed by atoms with Crippen molar-refractivity contribution in [2.75, 3.05) is 0 Å². The van der Waals surface area contributed by atoms with Crippen LogP contribution in [-0.4, -0.2) is 4.22 Å². The van der Waals surface area contributed by atoms with Crippen LogP contribution < -0.4 is 0 Å². The zero-order valence-electron chi connectivity index (χ0n) is 3.93. The van der Waals surface area contributed by atoms with Gasteiger partial charge in [0.15, 0.2) is 0 Å². The van der Waals surface area contributed by atoms with Crippen LogP contribution >= 0.6 is 35.2 Å². The highest BCUT2D eigenvalue weighted by atomic mass is 127. The Morgan fingerprint density at radius 3 is 2.57 bits per heavy atom. The fourth-order valence-corrected chi connectivity index (χ4v) is 0.616. The molecule has 0 aliphatic rings. The molecule has 0 aromatic rings. The second kappa shape index (κ2) is 4.64. The van der Waals surface area contributed by atoms with Gasteiger partial charge in [-0.25, -0.2) is 0 Å². The average molecular weight is 227 g/mol. The molecule has 0 amide bonds. The summed E-state index contributed by atoms with van der Waals surface area (Å²) in [4.78, 5) is 3.89. The predicted molar refractivity (Wildman–Crippen MR) is 45.3 cm³/mol. The topological polar surface area (TPSA) is 12.4 Å². The molecular weight excluding hydrogens is 221 g/mol. The molecule has 1 nitrogen and oxygen atoms in total. The van der Waals surface area contributed by atoms with Gasteiger partial charge in [-0.2, -0.15) is 0 Å². The van der Waals surface area contributed by atoms with Crippen molar-refractivity contribution >= 4 is 39.4 Å². The Bertz CT molecular complexity index is 97.9. The van der Waals surface area contributed by atoms with Gasteiger partial charge in [0.2, 0.25) is 0 Å². The monoisotopic (exact) mass is 227 g/mol. The molecule has 0 spiro atoms. The first-order chi connectivity index (χ1) is 3.31. The highest BCUT2D eigenvalue weighted by Gasteiger charge is 1.71. The smallest absolute Gasteiger partial charge is 0.0654 e. The Labute approximate surface area is 62.5 Å². The zero-order chi connectivity index (χ0) is 5.70. The lowest BCUT2D eigenvalue weighted by Gasteiger charge is -1.80. The fraction of sp³-hybridized carbons (Fsp3) is 0.250. The molecule has 0 aliphatic heterocycles. The Balaban J connectivity index is 3.58. The highest BCUT2D eigenvalue weighted by Crippen LogP contribution is 1.94. The normalized spacial score (nSPS) is 13.3. The largest absolute Gasteiger partial charge is 0.255 e. The molecule has 0 aromatic heterocycles. The summed E-state index contributed by atoms with van der Waals surface area (Å²) in [5.74, 6) is 0. The lowest BCUT2D eigenvalue weighted by Crippen LogP contribution is -1.60. The maximum Gasteiger partial charge on any atom is 0.0654 e. The standard InChI is InChI=1S/C4H6INS/c1-4(2-7)6-3-5/h2-3,7H,1H3/b4-2-,6-3?. The molecule has 0 saturated carbocycles. The van der Waals surface area contributed by atoms with Crippen LogP contribution in [0.1, 0.15) is 6.92 Å². The lowest BCUT2D eigenvalue weighted by molar-refractivity contribution is 1.34. The Hall–Kier alpha value is 0.490. The summed E-state index contributed by atoms with van der Waals surface area (Å²) in [7, 11) is 0. The third kappa shape index (κ3) is 4.34. The second-order valence-corrected chi connectivity index (χ2v) is 1.81. The van der Waals surface area contributed by atoms with E-state index in [2.05, 4.69) is 40.2 Å². The summed E-state index contributed by atoms with van der Waals surface area (Å²) in [5.41, 5.74) is 0.928. The fourth-order valence-electron chi connectivity index (χ4n) is 0.110. The third-order valence-electron chi connectivity index (χ3n) is 0.439. The molecule has 0 aliphatic carbocycles. The number of aliphatic imine (C=N–C) groups is 1. The Kier molecular flexibility index (Phi) is 4.97. The van der Waals surface area contributed by atoms with Crippen molar-refractivity contribution in [3.05, 3.63) is 11.1 Å². The molecule has 0 atom stereocenters. The van der Waals surface area contributed by atoms with E-state index in [1.54, 1.807) is 9.63 Å². The summed E-state index contributed by atoms with van der Waals surface area (Å²) >= 11 is 5.93. The van der Waals surface area contributed by atoms with Crippen LogP contribution in [0, 0.1) is 0 Å². The van der Waals surface area contributed by atoms with Crippen LogP contribution in [0.4, 0.5) is 0 Å². The van der Waals surface area contributed by atoms with Gasteiger partial charge in [-0.3, -0.25) is 4.99 Å². The molecule has 0 unspecified atom stereocenters. The quantitative estimate of drug-likeness (QED) is 0.400. The molecule has 0 aromatic carbocycles.